The molecule has 0 bridgehead atoms. The van der Waals surface area contributed by atoms with E-state index in [0.29, 0.717) is 35.0 Å². The maximum Gasteiger partial charge on any atom is 0.311 e. The molecule has 4 rings (SSSR count). The number of carbonyl (C=O) groups is 2. The smallest absolute Gasteiger partial charge is 0.311 e. The molecule has 0 spiro atoms. The van der Waals surface area contributed by atoms with Crippen molar-refractivity contribution in [3.8, 4) is 11.7 Å². The number of carbonyl (C=O) groups excluding carboxylic acids is 2. The summed E-state index contributed by atoms with van der Waals surface area (Å²) in [5, 5.41) is 13.2. The number of hydrogen-bond acceptors (Lipinski definition) is 10. The molecule has 10 nitrogen and oxygen atoms in total. The van der Waals surface area contributed by atoms with Gasteiger partial charge < -0.3 is 18.9 Å². The lowest BCUT2D eigenvalue weighted by Gasteiger charge is -2.29. The van der Waals surface area contributed by atoms with Gasteiger partial charge in [-0.25, -0.2) is 4.98 Å². The molecule has 1 fully saturated rings. The van der Waals surface area contributed by atoms with Gasteiger partial charge in [0.1, 0.15) is 0 Å². The number of thiazole rings is 1. The van der Waals surface area contributed by atoms with Crippen LogP contribution in [0, 0.1) is 0 Å². The summed E-state index contributed by atoms with van der Waals surface area (Å²) < 4.78 is 15.9. The fourth-order valence-electron chi connectivity index (χ4n) is 3.40. The number of amides is 1. The van der Waals surface area contributed by atoms with Crippen LogP contribution in [0.5, 0.6) is 0 Å². The lowest BCUT2D eigenvalue weighted by molar-refractivity contribution is -0.142. The molecule has 1 aliphatic heterocycles. The molecule has 0 aliphatic carbocycles. The average molecular weight is 446 g/mol. The highest BCUT2D eigenvalue weighted by atomic mass is 32.1. The molecule has 0 aromatic carbocycles. The Bertz CT molecular complexity index is 1010. The van der Waals surface area contributed by atoms with E-state index >= 15 is 0 Å². The second-order valence-corrected chi connectivity index (χ2v) is 8.01. The minimum atomic E-state index is -0.328. The van der Waals surface area contributed by atoms with Crippen LogP contribution in [0.15, 0.2) is 32.6 Å². The Hall–Kier alpha value is -3.05. The Morgan fingerprint density at radius 2 is 2.16 bits per heavy atom. The van der Waals surface area contributed by atoms with E-state index in [1.54, 1.807) is 30.7 Å². The number of nitrogens with zero attached hydrogens (tertiary/aromatic N) is 4. The van der Waals surface area contributed by atoms with E-state index in [-0.39, 0.29) is 30.8 Å². The van der Waals surface area contributed by atoms with Crippen LogP contribution in [0.2, 0.25) is 0 Å². The third-order valence-corrected chi connectivity index (χ3v) is 5.71. The number of furan rings is 1. The summed E-state index contributed by atoms with van der Waals surface area (Å²) in [5.74, 6) is 1.25. The molecule has 0 unspecified atom stereocenters. The van der Waals surface area contributed by atoms with Crippen LogP contribution in [0.25, 0.3) is 11.7 Å². The van der Waals surface area contributed by atoms with Gasteiger partial charge in [-0.15, -0.1) is 21.5 Å². The van der Waals surface area contributed by atoms with Crippen LogP contribution in [-0.2, 0) is 20.7 Å². The number of ether oxygens (including phenoxy) is 1. The van der Waals surface area contributed by atoms with Gasteiger partial charge >= 0.3 is 5.97 Å². The van der Waals surface area contributed by atoms with E-state index in [0.717, 1.165) is 25.9 Å². The van der Waals surface area contributed by atoms with Crippen molar-refractivity contribution < 1.29 is 23.2 Å². The second-order valence-electron chi connectivity index (χ2n) is 7.15. The fourth-order valence-corrected chi connectivity index (χ4v) is 4.13. The standard InChI is InChI=1S/C20H23N5O5S/c1-2-28-17(27)10-14-12-31-20(21-14)22-16(26)11-25-7-5-13(6-8-25)18-23-24-19(30-18)15-4-3-9-29-15/h3-4,9,12-13H,2,5-8,10-11H2,1H3,(H,21,22,26). The van der Waals surface area contributed by atoms with Gasteiger partial charge in [-0.1, -0.05) is 0 Å². The first kappa shape index (κ1) is 21.2. The maximum absolute atomic E-state index is 12.4. The van der Waals surface area contributed by atoms with Crippen molar-refractivity contribution in [3.63, 3.8) is 0 Å². The highest BCUT2D eigenvalue weighted by molar-refractivity contribution is 7.13. The summed E-state index contributed by atoms with van der Waals surface area (Å²) >= 11 is 1.29. The zero-order valence-corrected chi connectivity index (χ0v) is 17.9. The van der Waals surface area contributed by atoms with Gasteiger partial charge in [-0.2, -0.15) is 0 Å². The molecule has 11 heteroatoms. The van der Waals surface area contributed by atoms with Gasteiger partial charge in [0.25, 0.3) is 5.89 Å². The molecule has 0 radical (unpaired) electrons. The van der Waals surface area contributed by atoms with Crippen molar-refractivity contribution in [3.05, 3.63) is 35.4 Å². The molecule has 31 heavy (non-hydrogen) atoms. The summed E-state index contributed by atoms with van der Waals surface area (Å²) in [6.45, 7) is 3.88. The Morgan fingerprint density at radius 1 is 1.32 bits per heavy atom. The lowest BCUT2D eigenvalue weighted by atomic mass is 9.97. The molecule has 0 saturated carbocycles. The van der Waals surface area contributed by atoms with Crippen molar-refractivity contribution in [1.82, 2.24) is 20.1 Å². The maximum atomic E-state index is 12.4. The lowest BCUT2D eigenvalue weighted by Crippen LogP contribution is -2.38. The third kappa shape index (κ3) is 5.56. The summed E-state index contributed by atoms with van der Waals surface area (Å²) in [6.07, 6.45) is 3.32. The Labute approximate surface area is 182 Å². The number of rotatable bonds is 8. The normalized spacial score (nSPS) is 15.1. The van der Waals surface area contributed by atoms with Gasteiger partial charge in [-0.3, -0.25) is 14.5 Å². The van der Waals surface area contributed by atoms with Crippen LogP contribution in [0.1, 0.15) is 37.3 Å². The molecular formula is C20H23N5O5S. The van der Waals surface area contributed by atoms with Crippen molar-refractivity contribution in [1.29, 1.82) is 0 Å². The van der Waals surface area contributed by atoms with E-state index in [4.69, 9.17) is 13.6 Å². The van der Waals surface area contributed by atoms with Crippen molar-refractivity contribution >= 4 is 28.3 Å². The molecule has 1 N–H and O–H groups in total. The van der Waals surface area contributed by atoms with Crippen LogP contribution in [0.3, 0.4) is 0 Å². The van der Waals surface area contributed by atoms with Gasteiger partial charge in [0.15, 0.2) is 10.9 Å². The van der Waals surface area contributed by atoms with E-state index < -0.39 is 0 Å². The molecule has 1 amide bonds. The second kappa shape index (κ2) is 9.84. The molecule has 4 heterocycles. The number of hydrogen-bond donors (Lipinski definition) is 1. The number of anilines is 1. The van der Waals surface area contributed by atoms with Gasteiger partial charge in [0.05, 0.1) is 31.5 Å². The van der Waals surface area contributed by atoms with Crippen molar-refractivity contribution in [2.24, 2.45) is 0 Å². The highest BCUT2D eigenvalue weighted by Gasteiger charge is 2.26. The first-order valence-corrected chi connectivity index (χ1v) is 11.0. The fraction of sp³-hybridized carbons (Fsp3) is 0.450. The van der Waals surface area contributed by atoms with Crippen molar-refractivity contribution in [2.75, 3.05) is 31.6 Å². The van der Waals surface area contributed by atoms with Crippen molar-refractivity contribution in [2.45, 2.75) is 32.1 Å². The summed E-state index contributed by atoms with van der Waals surface area (Å²) in [6, 6.07) is 3.55. The van der Waals surface area contributed by atoms with E-state index in [9.17, 15) is 9.59 Å². The van der Waals surface area contributed by atoms with E-state index in [2.05, 4.69) is 25.4 Å². The van der Waals surface area contributed by atoms with E-state index in [1.165, 1.54) is 11.3 Å². The van der Waals surface area contributed by atoms with Gasteiger partial charge in [0, 0.05) is 11.3 Å². The predicted octanol–water partition coefficient (Wildman–Crippen LogP) is 2.71. The number of likely N-dealkylation sites (tertiary alicyclic amines) is 1. The van der Waals surface area contributed by atoms with Crippen LogP contribution >= 0.6 is 11.3 Å². The molecule has 164 valence electrons. The predicted molar refractivity (Wildman–Crippen MR) is 111 cm³/mol. The van der Waals surface area contributed by atoms with Crippen LogP contribution in [0.4, 0.5) is 5.13 Å². The molecule has 1 saturated heterocycles. The number of esters is 1. The van der Waals surface area contributed by atoms with Crippen LogP contribution in [-0.4, -0.2) is 58.2 Å². The minimum Gasteiger partial charge on any atom is -0.466 e. The molecule has 1 aliphatic rings. The number of aromatic nitrogens is 3. The number of nitrogens with one attached hydrogen (secondary N) is 1. The minimum absolute atomic E-state index is 0.102. The van der Waals surface area contributed by atoms with Gasteiger partial charge in [-0.05, 0) is 45.0 Å². The molecule has 3 aromatic rings. The number of piperidine rings is 1. The Morgan fingerprint density at radius 3 is 2.90 bits per heavy atom. The monoisotopic (exact) mass is 445 g/mol. The molecular weight excluding hydrogens is 422 g/mol. The zero-order valence-electron chi connectivity index (χ0n) is 17.1. The SMILES string of the molecule is CCOC(=O)Cc1csc(NC(=O)CN2CCC(c3nnc(-c4ccco4)o3)CC2)n1. The highest BCUT2D eigenvalue weighted by Crippen LogP contribution is 2.29. The summed E-state index contributed by atoms with van der Waals surface area (Å²) in [5.41, 5.74) is 0.591. The first-order chi connectivity index (χ1) is 15.1. The largest absolute Gasteiger partial charge is 0.466 e. The first-order valence-electron chi connectivity index (χ1n) is 10.1. The average Bonchev–Trinajstić information content (AvgIpc) is 3.50. The van der Waals surface area contributed by atoms with Crippen LogP contribution < -0.4 is 5.32 Å². The summed E-state index contributed by atoms with van der Waals surface area (Å²) in [7, 11) is 0. The third-order valence-electron chi connectivity index (χ3n) is 4.91. The van der Waals surface area contributed by atoms with E-state index in [1.807, 2.05) is 0 Å². The van der Waals surface area contributed by atoms with Gasteiger partial charge in [0.2, 0.25) is 11.8 Å². The quantitative estimate of drug-likeness (QED) is 0.521. The molecule has 3 aromatic heterocycles. The Balaban J connectivity index is 1.22. The topological polar surface area (TPSA) is 124 Å². The Kier molecular flexibility index (Phi) is 6.73. The molecule has 0 atom stereocenters. The zero-order chi connectivity index (χ0) is 21.6. The summed E-state index contributed by atoms with van der Waals surface area (Å²) in [4.78, 5) is 30.3.